The fourth-order valence-corrected chi connectivity index (χ4v) is 2.33. The molecule has 0 atom stereocenters. The van der Waals surface area contributed by atoms with Crippen LogP contribution in [0, 0.1) is 0 Å². The molecule has 0 fully saturated rings. The number of benzene rings is 1. The molecule has 98 valence electrons. The van der Waals surface area contributed by atoms with Gasteiger partial charge in [0.25, 0.3) is 0 Å². The highest BCUT2D eigenvalue weighted by Crippen LogP contribution is 2.19. The highest BCUT2D eigenvalue weighted by atomic mass is 35.5. The fourth-order valence-electron chi connectivity index (χ4n) is 2.12. The summed E-state index contributed by atoms with van der Waals surface area (Å²) in [6, 6.07) is 7.97. The predicted molar refractivity (Wildman–Crippen MR) is 74.3 cm³/mol. The lowest BCUT2D eigenvalue weighted by atomic mass is 10.3. The molecular formula is C14H14ClN3O. The predicted octanol–water partition coefficient (Wildman–Crippen LogP) is 3.37. The highest BCUT2D eigenvalue weighted by molar-refractivity contribution is 6.16. The number of fused-ring (bicyclic) bond motifs is 1. The first-order valence-corrected chi connectivity index (χ1v) is 6.79. The Morgan fingerprint density at radius 2 is 2.16 bits per heavy atom. The molecule has 1 aromatic carbocycles. The van der Waals surface area contributed by atoms with Gasteiger partial charge in [-0.15, -0.1) is 11.6 Å². The lowest BCUT2D eigenvalue weighted by Crippen LogP contribution is -2.03. The number of oxazole rings is 1. The molecule has 0 saturated heterocycles. The van der Waals surface area contributed by atoms with Crippen molar-refractivity contribution < 1.29 is 4.42 Å². The van der Waals surface area contributed by atoms with Crippen molar-refractivity contribution in [2.45, 2.75) is 25.8 Å². The summed E-state index contributed by atoms with van der Waals surface area (Å²) in [5, 5.41) is 0. The van der Waals surface area contributed by atoms with Crippen LogP contribution in [0.25, 0.3) is 11.0 Å². The zero-order chi connectivity index (χ0) is 13.2. The molecule has 2 aromatic heterocycles. The summed E-state index contributed by atoms with van der Waals surface area (Å²) in [5.41, 5.74) is 2.00. The Morgan fingerprint density at radius 3 is 2.89 bits per heavy atom. The van der Waals surface area contributed by atoms with E-state index in [0.29, 0.717) is 18.3 Å². The van der Waals surface area contributed by atoms with Gasteiger partial charge < -0.3 is 8.98 Å². The Labute approximate surface area is 116 Å². The molecule has 2 heterocycles. The zero-order valence-electron chi connectivity index (χ0n) is 10.6. The van der Waals surface area contributed by atoms with E-state index < -0.39 is 0 Å². The van der Waals surface area contributed by atoms with Gasteiger partial charge in [0, 0.05) is 6.42 Å². The number of aromatic nitrogens is 3. The van der Waals surface area contributed by atoms with Gasteiger partial charge in [-0.05, 0) is 12.1 Å². The van der Waals surface area contributed by atoms with Crippen LogP contribution in [0.5, 0.6) is 0 Å². The lowest BCUT2D eigenvalue weighted by molar-refractivity contribution is 0.446. The van der Waals surface area contributed by atoms with Crippen LogP contribution in [0.2, 0.25) is 0 Å². The molecule has 3 rings (SSSR count). The molecule has 19 heavy (non-hydrogen) atoms. The van der Waals surface area contributed by atoms with E-state index in [2.05, 4.69) is 9.97 Å². The number of aryl methyl sites for hydroxylation is 1. The lowest BCUT2D eigenvalue weighted by Gasteiger charge is -2.04. The Kier molecular flexibility index (Phi) is 3.25. The van der Waals surface area contributed by atoms with Crippen LogP contribution < -0.4 is 0 Å². The van der Waals surface area contributed by atoms with Gasteiger partial charge in [-0.2, -0.15) is 0 Å². The van der Waals surface area contributed by atoms with Crippen LogP contribution in [-0.2, 0) is 18.8 Å². The van der Waals surface area contributed by atoms with Crippen molar-refractivity contribution in [3.63, 3.8) is 0 Å². The minimum atomic E-state index is 0.371. The summed E-state index contributed by atoms with van der Waals surface area (Å²) < 4.78 is 7.70. The second-order valence-electron chi connectivity index (χ2n) is 4.31. The maximum atomic E-state index is 5.97. The van der Waals surface area contributed by atoms with E-state index in [-0.39, 0.29) is 0 Å². The molecule has 3 aromatic rings. The molecule has 4 nitrogen and oxygen atoms in total. The van der Waals surface area contributed by atoms with Gasteiger partial charge in [-0.25, -0.2) is 9.97 Å². The molecule has 0 amide bonds. The topological polar surface area (TPSA) is 43.9 Å². The third kappa shape index (κ3) is 2.24. The van der Waals surface area contributed by atoms with Crippen molar-refractivity contribution >= 4 is 22.6 Å². The molecule has 0 unspecified atom stereocenters. The first kappa shape index (κ1) is 12.2. The third-order valence-corrected chi connectivity index (χ3v) is 3.34. The fraction of sp³-hybridized carbons (Fsp3) is 0.286. The molecule has 0 aliphatic carbocycles. The molecule has 0 radical (unpaired) electrons. The van der Waals surface area contributed by atoms with E-state index in [0.717, 1.165) is 29.0 Å². The highest BCUT2D eigenvalue weighted by Gasteiger charge is 2.12. The van der Waals surface area contributed by atoms with Gasteiger partial charge in [0.15, 0.2) is 0 Å². The van der Waals surface area contributed by atoms with E-state index in [9.17, 15) is 0 Å². The second-order valence-corrected chi connectivity index (χ2v) is 4.58. The van der Waals surface area contributed by atoms with Crippen molar-refractivity contribution in [2.24, 2.45) is 0 Å². The van der Waals surface area contributed by atoms with Gasteiger partial charge in [0.2, 0.25) is 5.89 Å². The molecule has 0 spiro atoms. The van der Waals surface area contributed by atoms with Crippen LogP contribution in [0.15, 0.2) is 34.9 Å². The monoisotopic (exact) mass is 275 g/mol. The third-order valence-electron chi connectivity index (χ3n) is 3.10. The number of hydrogen-bond acceptors (Lipinski definition) is 3. The van der Waals surface area contributed by atoms with Gasteiger partial charge in [0.1, 0.15) is 18.1 Å². The smallest absolute Gasteiger partial charge is 0.214 e. The van der Waals surface area contributed by atoms with Crippen LogP contribution in [-0.4, -0.2) is 14.5 Å². The number of para-hydroxylation sites is 2. The Balaban J connectivity index is 2.03. The maximum Gasteiger partial charge on any atom is 0.214 e. The standard InChI is InChI=1S/C14H14ClN3O/c1-2-10-8-16-14(19-10)9-18-12-6-4-3-5-11(12)17-13(18)7-15/h3-6,8H,2,7,9H2,1H3. The average molecular weight is 276 g/mol. The normalized spacial score (nSPS) is 11.3. The van der Waals surface area contributed by atoms with Crippen molar-refractivity contribution in [1.82, 2.24) is 14.5 Å². The minimum Gasteiger partial charge on any atom is -0.444 e. The SMILES string of the molecule is CCc1cnc(Cn2c(CCl)nc3ccccc32)o1. The summed E-state index contributed by atoms with van der Waals surface area (Å²) in [4.78, 5) is 8.80. The summed E-state index contributed by atoms with van der Waals surface area (Å²) in [5.74, 6) is 2.79. The van der Waals surface area contributed by atoms with Gasteiger partial charge in [-0.1, -0.05) is 19.1 Å². The molecule has 0 saturated carbocycles. The molecule has 0 aliphatic rings. The van der Waals surface area contributed by atoms with E-state index >= 15 is 0 Å². The Hall–Kier alpha value is -1.81. The number of nitrogens with zero attached hydrogens (tertiary/aromatic N) is 3. The summed E-state index contributed by atoms with van der Waals surface area (Å²) in [7, 11) is 0. The summed E-state index contributed by atoms with van der Waals surface area (Å²) in [6.07, 6.45) is 2.62. The first-order chi connectivity index (χ1) is 9.31. The van der Waals surface area contributed by atoms with Gasteiger partial charge >= 0.3 is 0 Å². The number of halogens is 1. The molecule has 0 bridgehead atoms. The van der Waals surface area contributed by atoms with E-state index in [1.54, 1.807) is 6.20 Å². The van der Waals surface area contributed by atoms with Crippen molar-refractivity contribution in [2.75, 3.05) is 0 Å². The Bertz CT molecular complexity index is 702. The average Bonchev–Trinajstić information content (AvgIpc) is 3.04. The first-order valence-electron chi connectivity index (χ1n) is 6.25. The van der Waals surface area contributed by atoms with Gasteiger partial charge in [0.05, 0.1) is 23.1 Å². The van der Waals surface area contributed by atoms with Crippen LogP contribution >= 0.6 is 11.6 Å². The minimum absolute atomic E-state index is 0.371. The second kappa shape index (κ2) is 5.05. The number of alkyl halides is 1. The van der Waals surface area contributed by atoms with Crippen LogP contribution in [0.4, 0.5) is 0 Å². The van der Waals surface area contributed by atoms with E-state index in [1.165, 1.54) is 0 Å². The molecule has 0 N–H and O–H groups in total. The maximum absolute atomic E-state index is 5.97. The molecule has 0 aliphatic heterocycles. The van der Waals surface area contributed by atoms with Crippen LogP contribution in [0.1, 0.15) is 24.4 Å². The number of rotatable bonds is 4. The molecule has 5 heteroatoms. The van der Waals surface area contributed by atoms with Crippen molar-refractivity contribution in [1.29, 1.82) is 0 Å². The Morgan fingerprint density at radius 1 is 1.32 bits per heavy atom. The molecular weight excluding hydrogens is 262 g/mol. The zero-order valence-corrected chi connectivity index (χ0v) is 11.4. The van der Waals surface area contributed by atoms with Gasteiger partial charge in [-0.3, -0.25) is 0 Å². The largest absolute Gasteiger partial charge is 0.444 e. The number of hydrogen-bond donors (Lipinski definition) is 0. The number of imidazole rings is 1. The van der Waals surface area contributed by atoms with Crippen molar-refractivity contribution in [3.05, 3.63) is 47.9 Å². The summed E-state index contributed by atoms with van der Waals surface area (Å²) in [6.45, 7) is 2.60. The van der Waals surface area contributed by atoms with Crippen molar-refractivity contribution in [3.8, 4) is 0 Å². The van der Waals surface area contributed by atoms with E-state index in [1.807, 2.05) is 35.8 Å². The summed E-state index contributed by atoms with van der Waals surface area (Å²) >= 11 is 5.97. The quantitative estimate of drug-likeness (QED) is 0.686. The van der Waals surface area contributed by atoms with Crippen LogP contribution in [0.3, 0.4) is 0 Å². The van der Waals surface area contributed by atoms with E-state index in [4.69, 9.17) is 16.0 Å².